The third-order valence-electron chi connectivity index (χ3n) is 5.98. The van der Waals surface area contributed by atoms with E-state index in [9.17, 15) is 22.0 Å². The van der Waals surface area contributed by atoms with Gasteiger partial charge in [0.25, 0.3) is 0 Å². The van der Waals surface area contributed by atoms with E-state index in [-0.39, 0.29) is 30.8 Å². The van der Waals surface area contributed by atoms with Gasteiger partial charge in [-0.05, 0) is 55.5 Å². The lowest BCUT2D eigenvalue weighted by molar-refractivity contribution is -0.133. The summed E-state index contributed by atoms with van der Waals surface area (Å²) in [6.07, 6.45) is 0.602. The van der Waals surface area contributed by atoms with E-state index in [1.165, 1.54) is 10.4 Å². The highest BCUT2D eigenvalue weighted by atomic mass is 32.2. The second-order valence-corrected chi connectivity index (χ2v) is 10.0. The van der Waals surface area contributed by atoms with Gasteiger partial charge in [0.2, 0.25) is 15.9 Å². The number of carbonyl (C=O) groups is 1. The largest absolute Gasteiger partial charge is 0.340 e. The van der Waals surface area contributed by atoms with Crippen LogP contribution in [0.4, 0.5) is 8.78 Å². The molecule has 1 aliphatic heterocycles. The van der Waals surface area contributed by atoms with Crippen LogP contribution in [0.1, 0.15) is 29.0 Å². The van der Waals surface area contributed by atoms with Crippen molar-refractivity contribution in [3.8, 4) is 0 Å². The highest BCUT2D eigenvalue weighted by Gasteiger charge is 2.46. The van der Waals surface area contributed by atoms with Crippen molar-refractivity contribution >= 4 is 15.9 Å². The number of rotatable bonds is 4. The van der Waals surface area contributed by atoms with E-state index < -0.39 is 21.7 Å². The summed E-state index contributed by atoms with van der Waals surface area (Å²) in [5, 5.41) is 0. The van der Waals surface area contributed by atoms with Gasteiger partial charge in [0, 0.05) is 32.1 Å². The molecule has 1 heterocycles. The molecule has 0 radical (unpaired) electrons. The Hall–Kier alpha value is -2.32. The van der Waals surface area contributed by atoms with Crippen molar-refractivity contribution in [2.75, 3.05) is 26.2 Å². The predicted octanol–water partition coefficient (Wildman–Crippen LogP) is 3.22. The van der Waals surface area contributed by atoms with Crippen molar-refractivity contribution in [1.82, 2.24) is 9.21 Å². The van der Waals surface area contributed by atoms with Crippen molar-refractivity contribution in [2.45, 2.75) is 31.1 Å². The molecule has 0 spiro atoms. The van der Waals surface area contributed by atoms with Crippen molar-refractivity contribution < 1.29 is 22.0 Å². The number of amides is 1. The Morgan fingerprint density at radius 3 is 2.30 bits per heavy atom. The number of sulfonamides is 1. The summed E-state index contributed by atoms with van der Waals surface area (Å²) in [7, 11) is -3.61. The molecule has 2 unspecified atom stereocenters. The Kier molecular flexibility index (Phi) is 5.40. The molecule has 2 fully saturated rings. The normalized spacial score (nSPS) is 22.2. The first-order valence-corrected chi connectivity index (χ1v) is 11.4. The van der Waals surface area contributed by atoms with Gasteiger partial charge in [0.05, 0.1) is 4.90 Å². The molecule has 30 heavy (non-hydrogen) atoms. The third kappa shape index (κ3) is 3.86. The Labute approximate surface area is 175 Å². The first-order chi connectivity index (χ1) is 14.2. The summed E-state index contributed by atoms with van der Waals surface area (Å²) in [6, 6.07) is 9.02. The fourth-order valence-electron chi connectivity index (χ4n) is 4.19. The monoisotopic (exact) mass is 434 g/mol. The van der Waals surface area contributed by atoms with Gasteiger partial charge >= 0.3 is 0 Å². The van der Waals surface area contributed by atoms with Crippen LogP contribution in [0.15, 0.2) is 41.3 Å². The van der Waals surface area contributed by atoms with Crippen LogP contribution in [0.3, 0.4) is 0 Å². The van der Waals surface area contributed by atoms with Gasteiger partial charge in [0.1, 0.15) is 0 Å². The zero-order valence-corrected chi connectivity index (χ0v) is 17.8. The molecule has 1 saturated carbocycles. The molecular weight excluding hydrogens is 410 g/mol. The number of aryl methyl sites for hydroxylation is 2. The smallest absolute Gasteiger partial charge is 0.243 e. The quantitative estimate of drug-likeness (QED) is 0.743. The third-order valence-corrected chi connectivity index (χ3v) is 8.04. The van der Waals surface area contributed by atoms with E-state index in [1.807, 2.05) is 13.0 Å². The highest BCUT2D eigenvalue weighted by Crippen LogP contribution is 2.48. The number of carbonyl (C=O) groups excluding carboxylic acids is 1. The van der Waals surface area contributed by atoms with E-state index in [4.69, 9.17) is 0 Å². The summed E-state index contributed by atoms with van der Waals surface area (Å²) in [4.78, 5) is 14.8. The van der Waals surface area contributed by atoms with Gasteiger partial charge in [-0.2, -0.15) is 4.31 Å². The summed E-state index contributed by atoms with van der Waals surface area (Å²) < 4.78 is 54.0. The standard InChI is InChI=1S/C22H24F2N2O3S/c1-14-3-6-21(15(2)11-14)30(28,29)26-9-7-25(8-10-26)22(27)18-13-17(18)16-4-5-19(23)20(24)12-16/h3-6,11-12,17-18H,7-10,13H2,1-2H3. The minimum Gasteiger partial charge on any atom is -0.340 e. The lowest BCUT2D eigenvalue weighted by atomic mass is 10.1. The minimum atomic E-state index is -3.61. The molecule has 2 atom stereocenters. The van der Waals surface area contributed by atoms with Crippen LogP contribution in [0.2, 0.25) is 0 Å². The van der Waals surface area contributed by atoms with Crippen molar-refractivity contribution in [3.63, 3.8) is 0 Å². The first-order valence-electron chi connectivity index (χ1n) is 9.99. The maximum atomic E-state index is 13.5. The number of hydrogen-bond donors (Lipinski definition) is 0. The van der Waals surface area contributed by atoms with Crippen molar-refractivity contribution in [1.29, 1.82) is 0 Å². The lowest BCUT2D eigenvalue weighted by Crippen LogP contribution is -2.51. The number of piperazine rings is 1. The van der Waals surface area contributed by atoms with Gasteiger partial charge in [-0.15, -0.1) is 0 Å². The minimum absolute atomic E-state index is 0.0479. The Morgan fingerprint density at radius 2 is 1.67 bits per heavy atom. The zero-order valence-electron chi connectivity index (χ0n) is 16.9. The van der Waals surface area contributed by atoms with Crippen LogP contribution < -0.4 is 0 Å². The number of benzene rings is 2. The molecule has 1 amide bonds. The van der Waals surface area contributed by atoms with Crippen LogP contribution in [-0.2, 0) is 14.8 Å². The molecule has 0 bridgehead atoms. The van der Waals surface area contributed by atoms with Crippen LogP contribution in [0, 0.1) is 31.4 Å². The zero-order chi connectivity index (χ0) is 21.6. The summed E-state index contributed by atoms with van der Waals surface area (Å²) in [6.45, 7) is 4.83. The average Bonchev–Trinajstić information content (AvgIpc) is 3.50. The molecule has 0 N–H and O–H groups in total. The van der Waals surface area contributed by atoms with Crippen LogP contribution >= 0.6 is 0 Å². The molecular formula is C22H24F2N2O3S. The molecule has 160 valence electrons. The van der Waals surface area contributed by atoms with Crippen molar-refractivity contribution in [2.24, 2.45) is 5.92 Å². The molecule has 5 nitrogen and oxygen atoms in total. The number of halogens is 2. The average molecular weight is 435 g/mol. The van der Waals surface area contributed by atoms with Gasteiger partial charge < -0.3 is 4.90 Å². The molecule has 1 aliphatic carbocycles. The maximum absolute atomic E-state index is 13.5. The molecule has 8 heteroatoms. The SMILES string of the molecule is Cc1ccc(S(=O)(=O)N2CCN(C(=O)C3CC3c3ccc(F)c(F)c3)CC2)c(C)c1. The summed E-state index contributed by atoms with van der Waals surface area (Å²) in [5.41, 5.74) is 2.34. The van der Waals surface area contributed by atoms with Crippen LogP contribution in [0.5, 0.6) is 0 Å². The first kappa shape index (κ1) is 20.9. The number of hydrogen-bond acceptors (Lipinski definition) is 3. The van der Waals surface area contributed by atoms with E-state index in [0.717, 1.165) is 17.7 Å². The molecule has 2 aromatic rings. The summed E-state index contributed by atoms with van der Waals surface area (Å²) in [5.74, 6) is -2.21. The Bertz CT molecular complexity index is 1100. The Morgan fingerprint density at radius 1 is 0.967 bits per heavy atom. The van der Waals surface area contributed by atoms with Gasteiger partial charge in [-0.3, -0.25) is 4.79 Å². The fraction of sp³-hybridized carbons (Fsp3) is 0.409. The van der Waals surface area contributed by atoms with Crippen LogP contribution in [0.25, 0.3) is 0 Å². The van der Waals surface area contributed by atoms with Gasteiger partial charge in [0.15, 0.2) is 11.6 Å². The van der Waals surface area contributed by atoms with Crippen LogP contribution in [-0.4, -0.2) is 49.7 Å². The topological polar surface area (TPSA) is 57.7 Å². The van der Waals surface area contributed by atoms with E-state index in [1.54, 1.807) is 24.0 Å². The molecule has 0 aromatic heterocycles. The summed E-state index contributed by atoms with van der Waals surface area (Å²) >= 11 is 0. The van der Waals surface area contributed by atoms with Gasteiger partial charge in [-0.1, -0.05) is 23.8 Å². The molecule has 2 aromatic carbocycles. The lowest BCUT2D eigenvalue weighted by Gasteiger charge is -2.34. The molecule has 1 saturated heterocycles. The van der Waals surface area contributed by atoms with E-state index in [0.29, 0.717) is 35.5 Å². The number of nitrogens with zero attached hydrogens (tertiary/aromatic N) is 2. The Balaban J connectivity index is 1.39. The highest BCUT2D eigenvalue weighted by molar-refractivity contribution is 7.89. The molecule has 4 rings (SSSR count). The molecule has 2 aliphatic rings. The second-order valence-electron chi connectivity index (χ2n) is 8.12. The van der Waals surface area contributed by atoms with Gasteiger partial charge in [-0.25, -0.2) is 17.2 Å². The van der Waals surface area contributed by atoms with Crippen molar-refractivity contribution in [3.05, 3.63) is 64.7 Å². The maximum Gasteiger partial charge on any atom is 0.243 e. The predicted molar refractivity (Wildman–Crippen MR) is 108 cm³/mol. The second kappa shape index (κ2) is 7.74. The fourth-order valence-corrected chi connectivity index (χ4v) is 5.82. The van der Waals surface area contributed by atoms with E-state index in [2.05, 4.69) is 0 Å². The van der Waals surface area contributed by atoms with E-state index >= 15 is 0 Å².